The van der Waals surface area contributed by atoms with E-state index in [1.165, 1.54) is 11.1 Å². The lowest BCUT2D eigenvalue weighted by Crippen LogP contribution is -2.77. The van der Waals surface area contributed by atoms with Crippen molar-refractivity contribution in [1.29, 1.82) is 0 Å². The van der Waals surface area contributed by atoms with Crippen LogP contribution in [0.5, 0.6) is 0 Å². The van der Waals surface area contributed by atoms with Crippen LogP contribution in [0.25, 0.3) is 0 Å². The van der Waals surface area contributed by atoms with Crippen LogP contribution in [0.3, 0.4) is 0 Å². The van der Waals surface area contributed by atoms with E-state index in [0.717, 1.165) is 13.1 Å². The molecule has 0 aromatic heterocycles. The fourth-order valence-corrected chi connectivity index (χ4v) is 1.75. The Bertz CT molecular complexity index is 427. The number of benzene rings is 1. The average Bonchev–Trinajstić information content (AvgIpc) is 2.44. The normalized spacial score (nSPS) is 12.3. The first kappa shape index (κ1) is 15.8. The zero-order valence-electron chi connectivity index (χ0n) is 12.3. The van der Waals surface area contributed by atoms with Gasteiger partial charge in [-0.1, -0.05) is 18.2 Å². The molecular formula is C14H26N6+2. The van der Waals surface area contributed by atoms with Crippen molar-refractivity contribution in [1.82, 2.24) is 10.6 Å². The number of nitrogens with two attached hydrogens (primary N) is 2. The third kappa shape index (κ3) is 6.08. The second-order valence-electron chi connectivity index (χ2n) is 4.42. The van der Waals surface area contributed by atoms with Gasteiger partial charge < -0.3 is 0 Å². The van der Waals surface area contributed by atoms with Gasteiger partial charge in [0.15, 0.2) is 0 Å². The molecule has 0 aliphatic heterocycles. The van der Waals surface area contributed by atoms with Crippen molar-refractivity contribution in [2.75, 3.05) is 13.1 Å². The molecule has 0 amide bonds. The maximum atomic E-state index is 5.76. The Labute approximate surface area is 120 Å². The Morgan fingerprint density at radius 3 is 1.80 bits per heavy atom. The highest BCUT2D eigenvalue weighted by molar-refractivity contribution is 5.71. The van der Waals surface area contributed by atoms with E-state index < -0.39 is 0 Å². The number of hydrogen-bond donors (Lipinski definition) is 6. The van der Waals surface area contributed by atoms with Gasteiger partial charge in [0.1, 0.15) is 0 Å². The Morgan fingerprint density at radius 1 is 0.950 bits per heavy atom. The highest BCUT2D eigenvalue weighted by Crippen LogP contribution is 2.01. The summed E-state index contributed by atoms with van der Waals surface area (Å²) in [5, 5.41) is 6.05. The lowest BCUT2D eigenvalue weighted by Gasteiger charge is -2.01. The van der Waals surface area contributed by atoms with Gasteiger partial charge >= 0.3 is 11.9 Å². The average molecular weight is 278 g/mol. The van der Waals surface area contributed by atoms with Crippen LogP contribution >= 0.6 is 0 Å². The highest BCUT2D eigenvalue weighted by atomic mass is 15.1. The van der Waals surface area contributed by atoms with E-state index >= 15 is 0 Å². The zero-order chi connectivity index (χ0) is 14.8. The van der Waals surface area contributed by atoms with Crippen LogP contribution in [0.4, 0.5) is 0 Å². The standard InChI is InChI=1S/C14H24N6/c1-3-17-13(15)19-9-11-6-5-7-12(8-11)10-20-14(16)18-4-2/h5-8H,3-4,9-10H2,1-2H3,(H3,15,17,19)(H3,16,18,20)/p+2. The highest BCUT2D eigenvalue weighted by Gasteiger charge is 2.00. The first-order valence-electron chi connectivity index (χ1n) is 6.93. The molecule has 8 N–H and O–H groups in total. The number of guanidine groups is 2. The minimum absolute atomic E-state index is 0.598. The number of hydrogen-bond acceptors (Lipinski definition) is 0. The van der Waals surface area contributed by atoms with Gasteiger partial charge in [0.2, 0.25) is 0 Å². The van der Waals surface area contributed by atoms with Crippen LogP contribution in [-0.2, 0) is 13.1 Å². The molecule has 0 fully saturated rings. The fourth-order valence-electron chi connectivity index (χ4n) is 1.75. The maximum Gasteiger partial charge on any atom is 0.341 e. The summed E-state index contributed by atoms with van der Waals surface area (Å²) in [5.41, 5.74) is 13.9. The molecule has 0 spiro atoms. The largest absolute Gasteiger partial charge is 0.341 e. The van der Waals surface area contributed by atoms with Crippen molar-refractivity contribution < 1.29 is 9.98 Å². The summed E-state index contributed by atoms with van der Waals surface area (Å²) in [6.07, 6.45) is 0. The van der Waals surface area contributed by atoms with Crippen LogP contribution in [0.1, 0.15) is 25.0 Å². The molecule has 20 heavy (non-hydrogen) atoms. The van der Waals surface area contributed by atoms with Gasteiger partial charge in [0, 0.05) is 0 Å². The summed E-state index contributed by atoms with van der Waals surface area (Å²) < 4.78 is 0. The molecule has 0 saturated carbocycles. The third-order valence-corrected chi connectivity index (χ3v) is 2.69. The fraction of sp³-hybridized carbons (Fsp3) is 0.429. The predicted octanol–water partition coefficient (Wildman–Crippen LogP) is -3.30. The van der Waals surface area contributed by atoms with E-state index in [4.69, 9.17) is 11.5 Å². The van der Waals surface area contributed by atoms with E-state index in [1.54, 1.807) is 0 Å². The second kappa shape index (κ2) is 8.79. The Hall–Kier alpha value is -2.24. The summed E-state index contributed by atoms with van der Waals surface area (Å²) in [4.78, 5) is 6.27. The number of nitrogens with one attached hydrogen (secondary N) is 4. The molecule has 0 aliphatic carbocycles. The smallest absolute Gasteiger partial charge is 0.291 e. The molecule has 0 heterocycles. The molecule has 0 saturated heterocycles. The van der Waals surface area contributed by atoms with Crippen LogP contribution in [0.2, 0.25) is 0 Å². The maximum absolute atomic E-state index is 5.76. The Kier molecular flexibility index (Phi) is 6.95. The van der Waals surface area contributed by atoms with Crippen LogP contribution in [-0.4, -0.2) is 25.0 Å². The van der Waals surface area contributed by atoms with Gasteiger partial charge in [0.25, 0.3) is 0 Å². The second-order valence-corrected chi connectivity index (χ2v) is 4.42. The monoisotopic (exact) mass is 278 g/mol. The van der Waals surface area contributed by atoms with Crippen molar-refractivity contribution in [3.05, 3.63) is 35.4 Å². The molecule has 110 valence electrons. The lowest BCUT2D eigenvalue weighted by atomic mass is 10.1. The Morgan fingerprint density at radius 2 is 1.40 bits per heavy atom. The van der Waals surface area contributed by atoms with Crippen LogP contribution in [0, 0.1) is 0 Å². The Balaban J connectivity index is 2.62. The van der Waals surface area contributed by atoms with Crippen LogP contribution < -0.4 is 32.1 Å². The minimum atomic E-state index is 0.598. The lowest BCUT2D eigenvalue weighted by molar-refractivity contribution is -0.479. The van der Waals surface area contributed by atoms with Crippen molar-refractivity contribution >= 4 is 11.9 Å². The number of rotatable bonds is 6. The molecule has 0 radical (unpaired) electrons. The van der Waals surface area contributed by atoms with Gasteiger partial charge in [-0.25, -0.2) is 0 Å². The van der Waals surface area contributed by atoms with Crippen molar-refractivity contribution in [3.8, 4) is 0 Å². The van der Waals surface area contributed by atoms with Crippen molar-refractivity contribution in [2.45, 2.75) is 26.9 Å². The molecule has 1 aromatic rings. The topological polar surface area (TPSA) is 104 Å². The molecule has 0 aliphatic rings. The van der Waals surface area contributed by atoms with Gasteiger partial charge in [0.05, 0.1) is 26.2 Å². The first-order chi connectivity index (χ1) is 9.65. The van der Waals surface area contributed by atoms with Crippen molar-refractivity contribution in [3.63, 3.8) is 0 Å². The summed E-state index contributed by atoms with van der Waals surface area (Å²) in [5.74, 6) is 1.20. The predicted molar refractivity (Wildman–Crippen MR) is 81.5 cm³/mol. The molecule has 0 bridgehead atoms. The zero-order valence-corrected chi connectivity index (χ0v) is 12.3. The van der Waals surface area contributed by atoms with E-state index in [-0.39, 0.29) is 0 Å². The minimum Gasteiger partial charge on any atom is -0.291 e. The third-order valence-electron chi connectivity index (χ3n) is 2.69. The molecule has 0 atom stereocenters. The summed E-state index contributed by atoms with van der Waals surface area (Å²) >= 11 is 0. The summed E-state index contributed by atoms with van der Waals surface area (Å²) in [6, 6.07) is 8.28. The van der Waals surface area contributed by atoms with Gasteiger partial charge in [-0.2, -0.15) is 0 Å². The quantitative estimate of drug-likeness (QED) is 0.242. The summed E-state index contributed by atoms with van der Waals surface area (Å²) in [7, 11) is 0. The van der Waals surface area contributed by atoms with Gasteiger partial charge in [-0.05, 0) is 31.0 Å². The SMILES string of the molecule is CCNC(N)=[NH+]Cc1cccc(C[NH+]=C(N)NCC)c1. The molecule has 1 rings (SSSR count). The molecule has 6 nitrogen and oxygen atoms in total. The first-order valence-corrected chi connectivity index (χ1v) is 6.93. The van der Waals surface area contributed by atoms with E-state index in [0.29, 0.717) is 25.0 Å². The van der Waals surface area contributed by atoms with E-state index in [9.17, 15) is 0 Å². The van der Waals surface area contributed by atoms with Crippen molar-refractivity contribution in [2.24, 2.45) is 11.5 Å². The molecule has 6 heteroatoms. The molecular weight excluding hydrogens is 252 g/mol. The van der Waals surface area contributed by atoms with Gasteiger partial charge in [-0.15, -0.1) is 0 Å². The van der Waals surface area contributed by atoms with E-state index in [2.05, 4.69) is 38.8 Å². The summed E-state index contributed by atoms with van der Waals surface area (Å²) in [6.45, 7) is 7.01. The van der Waals surface area contributed by atoms with E-state index in [1.807, 2.05) is 19.9 Å². The molecule has 1 aromatic carbocycles. The molecule has 0 unspecified atom stereocenters. The van der Waals surface area contributed by atoms with Gasteiger partial charge in [-0.3, -0.25) is 32.1 Å². The van der Waals surface area contributed by atoms with Crippen LogP contribution in [0.15, 0.2) is 24.3 Å².